The van der Waals surface area contributed by atoms with E-state index in [9.17, 15) is 4.79 Å². The average Bonchev–Trinajstić information content (AvgIpc) is 2.96. The van der Waals surface area contributed by atoms with Gasteiger partial charge in [-0.2, -0.15) is 0 Å². The van der Waals surface area contributed by atoms with Crippen molar-refractivity contribution in [3.05, 3.63) is 71.4 Å². The van der Waals surface area contributed by atoms with E-state index < -0.39 is 0 Å². The minimum absolute atomic E-state index is 0.0511. The van der Waals surface area contributed by atoms with E-state index in [0.29, 0.717) is 5.56 Å². The maximum Gasteiger partial charge on any atom is 0.159 e. The quantitative estimate of drug-likeness (QED) is 0.836. The minimum Gasteiger partial charge on any atom is -0.364 e. The van der Waals surface area contributed by atoms with Crippen LogP contribution in [-0.4, -0.2) is 29.7 Å². The lowest BCUT2D eigenvalue weighted by molar-refractivity contribution is 0.101. The third kappa shape index (κ3) is 2.39. The number of para-hydroxylation sites is 1. The Balaban J connectivity index is 1.81. The number of hydrogen-bond acceptors (Lipinski definition) is 5. The van der Waals surface area contributed by atoms with E-state index >= 15 is 0 Å². The van der Waals surface area contributed by atoms with E-state index in [2.05, 4.69) is 22.9 Å². The Kier molecular flexibility index (Phi) is 3.43. The summed E-state index contributed by atoms with van der Waals surface area (Å²) in [6.45, 7) is 1.57. The Morgan fingerprint density at radius 1 is 1.12 bits per heavy atom. The van der Waals surface area contributed by atoms with Gasteiger partial charge in [0, 0.05) is 35.6 Å². The van der Waals surface area contributed by atoms with Crippen molar-refractivity contribution >= 4 is 22.9 Å². The van der Waals surface area contributed by atoms with Gasteiger partial charge in [0.1, 0.15) is 6.17 Å². The van der Waals surface area contributed by atoms with Crippen molar-refractivity contribution in [2.45, 2.75) is 13.1 Å². The highest BCUT2D eigenvalue weighted by Crippen LogP contribution is 2.32. The molecule has 2 aromatic rings. The number of aliphatic imine (C=N–C) groups is 1. The van der Waals surface area contributed by atoms with E-state index in [1.807, 2.05) is 54.7 Å². The molecule has 0 fully saturated rings. The van der Waals surface area contributed by atoms with Crippen LogP contribution in [0.2, 0.25) is 0 Å². The number of nitrogens with zero attached hydrogens (tertiary/aromatic N) is 2. The first-order chi connectivity index (χ1) is 11.6. The Labute approximate surface area is 140 Å². The van der Waals surface area contributed by atoms with Crippen molar-refractivity contribution in [3.8, 4) is 0 Å². The molecular formula is C19H18N4O. The third-order valence-electron chi connectivity index (χ3n) is 4.37. The molecule has 0 radical (unpaired) electrons. The summed E-state index contributed by atoms with van der Waals surface area (Å²) < 4.78 is 0. The summed E-state index contributed by atoms with van der Waals surface area (Å²) in [6.07, 6.45) is 2.03. The first-order valence-corrected chi connectivity index (χ1v) is 7.88. The molecule has 0 aromatic heterocycles. The summed E-state index contributed by atoms with van der Waals surface area (Å²) in [5, 5.41) is 5.53. The second-order valence-corrected chi connectivity index (χ2v) is 6.00. The van der Waals surface area contributed by atoms with Gasteiger partial charge in [-0.05, 0) is 37.3 Å². The van der Waals surface area contributed by atoms with Gasteiger partial charge in [-0.1, -0.05) is 18.2 Å². The molecule has 0 bridgehead atoms. The fourth-order valence-corrected chi connectivity index (χ4v) is 3.05. The van der Waals surface area contributed by atoms with Crippen LogP contribution in [0.25, 0.3) is 0 Å². The number of carbonyl (C=O) groups excluding carboxylic acids is 1. The predicted octanol–water partition coefficient (Wildman–Crippen LogP) is 3.10. The highest BCUT2D eigenvalue weighted by Gasteiger charge is 2.34. The number of likely N-dealkylation sites (N-methyl/N-ethyl adjacent to an activating group) is 1. The molecule has 0 aliphatic carbocycles. The predicted molar refractivity (Wildman–Crippen MR) is 95.5 cm³/mol. The van der Waals surface area contributed by atoms with Crippen molar-refractivity contribution in [2.24, 2.45) is 4.99 Å². The summed E-state index contributed by atoms with van der Waals surface area (Å²) in [6, 6.07) is 15.6. The van der Waals surface area contributed by atoms with Crippen LogP contribution >= 0.6 is 0 Å². The number of benzene rings is 2. The molecule has 5 nitrogen and oxygen atoms in total. The molecule has 0 saturated carbocycles. The van der Waals surface area contributed by atoms with E-state index in [1.165, 1.54) is 0 Å². The van der Waals surface area contributed by atoms with Gasteiger partial charge in [-0.15, -0.1) is 0 Å². The number of hydrogen-bond donors (Lipinski definition) is 2. The zero-order chi connectivity index (χ0) is 16.7. The Morgan fingerprint density at radius 2 is 1.88 bits per heavy atom. The molecule has 2 aliphatic rings. The highest BCUT2D eigenvalue weighted by atomic mass is 16.1. The van der Waals surface area contributed by atoms with Crippen LogP contribution < -0.4 is 10.7 Å². The Bertz CT molecular complexity index is 867. The summed E-state index contributed by atoms with van der Waals surface area (Å²) in [7, 11) is 1.99. The van der Waals surface area contributed by atoms with Crippen LogP contribution in [0.5, 0.6) is 0 Å². The van der Waals surface area contributed by atoms with E-state index in [4.69, 9.17) is 4.99 Å². The molecule has 0 amide bonds. The van der Waals surface area contributed by atoms with Crippen LogP contribution in [0.15, 0.2) is 65.3 Å². The largest absolute Gasteiger partial charge is 0.364 e. The van der Waals surface area contributed by atoms with Gasteiger partial charge in [-0.3, -0.25) is 4.79 Å². The normalized spacial score (nSPS) is 20.7. The molecule has 0 saturated heterocycles. The number of ketones is 1. The molecule has 2 heterocycles. The number of rotatable bonds is 2. The second kappa shape index (κ2) is 5.62. The topological polar surface area (TPSA) is 56.7 Å². The maximum absolute atomic E-state index is 11.4. The molecule has 1 atom stereocenters. The molecule has 1 unspecified atom stereocenters. The van der Waals surface area contributed by atoms with Crippen molar-refractivity contribution in [1.29, 1.82) is 0 Å². The number of carbonyl (C=O) groups is 1. The van der Waals surface area contributed by atoms with Crippen LogP contribution in [-0.2, 0) is 0 Å². The second-order valence-electron chi connectivity index (χ2n) is 6.00. The monoisotopic (exact) mass is 318 g/mol. The van der Waals surface area contributed by atoms with Crippen LogP contribution in [0.4, 0.5) is 11.4 Å². The van der Waals surface area contributed by atoms with Crippen molar-refractivity contribution in [2.75, 3.05) is 12.4 Å². The molecule has 4 rings (SSSR count). The van der Waals surface area contributed by atoms with Gasteiger partial charge in [0.25, 0.3) is 0 Å². The fourth-order valence-electron chi connectivity index (χ4n) is 3.05. The molecule has 2 N–H and O–H groups in total. The summed E-state index contributed by atoms with van der Waals surface area (Å²) in [5.41, 5.74) is 8.94. The number of anilines is 1. The molecular weight excluding hydrogens is 300 g/mol. The molecule has 2 aliphatic heterocycles. The number of nitrogens with one attached hydrogen (secondary N) is 2. The highest BCUT2D eigenvalue weighted by molar-refractivity contribution is 6.19. The maximum atomic E-state index is 11.4. The smallest absolute Gasteiger partial charge is 0.159 e. The van der Waals surface area contributed by atoms with Crippen molar-refractivity contribution in [3.63, 3.8) is 0 Å². The van der Waals surface area contributed by atoms with Crippen molar-refractivity contribution in [1.82, 2.24) is 10.4 Å². The zero-order valence-corrected chi connectivity index (χ0v) is 13.6. The Hall–Kier alpha value is -2.92. The van der Waals surface area contributed by atoms with Gasteiger partial charge in [-0.25, -0.2) is 10.0 Å². The number of fused-ring (bicyclic) bond motifs is 2. The number of Topliss-reactive ketones (excluding diaryl/α,β-unsaturated/α-hetero) is 1. The van der Waals surface area contributed by atoms with Crippen molar-refractivity contribution < 1.29 is 4.79 Å². The Morgan fingerprint density at radius 3 is 2.62 bits per heavy atom. The standard InChI is InChI=1S/C19H18N4O/c1-12(24)13-7-9-14(10-8-13)21-18-15-5-3-4-6-17(15)22-19-16(18)11-20-23(19)2/h3-11,19-20,22H,1-2H3. The first-order valence-electron chi connectivity index (χ1n) is 7.88. The lowest BCUT2D eigenvalue weighted by Crippen LogP contribution is -2.43. The summed E-state index contributed by atoms with van der Waals surface area (Å²) in [5.74, 6) is 0.0609. The lowest BCUT2D eigenvalue weighted by atomic mass is 9.95. The van der Waals surface area contributed by atoms with Gasteiger partial charge in [0.05, 0.1) is 11.4 Å². The van der Waals surface area contributed by atoms with Crippen LogP contribution in [0, 0.1) is 0 Å². The van der Waals surface area contributed by atoms with E-state index in [0.717, 1.165) is 28.2 Å². The SMILES string of the molecule is CC(=O)c1ccc(N=C2C3=CNN(C)C3Nc3ccccc32)cc1. The number of hydrazine groups is 1. The fraction of sp³-hybridized carbons (Fsp3) is 0.158. The van der Waals surface area contributed by atoms with Gasteiger partial charge in [0.15, 0.2) is 5.78 Å². The average molecular weight is 318 g/mol. The molecule has 120 valence electrons. The summed E-state index contributed by atoms with van der Waals surface area (Å²) in [4.78, 5) is 16.3. The van der Waals surface area contributed by atoms with Crippen LogP contribution in [0.1, 0.15) is 22.8 Å². The first kappa shape index (κ1) is 14.7. The van der Waals surface area contributed by atoms with E-state index in [1.54, 1.807) is 6.92 Å². The van der Waals surface area contributed by atoms with Gasteiger partial charge in [0.2, 0.25) is 0 Å². The van der Waals surface area contributed by atoms with Crippen LogP contribution in [0.3, 0.4) is 0 Å². The summed E-state index contributed by atoms with van der Waals surface area (Å²) >= 11 is 0. The molecule has 2 aromatic carbocycles. The van der Waals surface area contributed by atoms with Gasteiger partial charge < -0.3 is 10.7 Å². The van der Waals surface area contributed by atoms with Gasteiger partial charge >= 0.3 is 0 Å². The molecule has 0 spiro atoms. The molecule has 24 heavy (non-hydrogen) atoms. The lowest BCUT2D eigenvalue weighted by Gasteiger charge is -2.31. The zero-order valence-electron chi connectivity index (χ0n) is 13.6. The van der Waals surface area contributed by atoms with E-state index in [-0.39, 0.29) is 11.9 Å². The molecule has 5 heteroatoms. The minimum atomic E-state index is 0.0511. The third-order valence-corrected chi connectivity index (χ3v) is 4.37.